The minimum absolute atomic E-state index is 0.343. The maximum atomic E-state index is 12.4. The molecule has 4 heterocycles. The second-order valence-electron chi connectivity index (χ2n) is 7.89. The fourth-order valence-electron chi connectivity index (χ4n) is 3.88. The Kier molecular flexibility index (Phi) is 6.06. The van der Waals surface area contributed by atoms with E-state index in [1.165, 1.54) is 0 Å². The average molecular weight is 461 g/mol. The number of hydrogen-bond donors (Lipinski definition) is 1. The highest BCUT2D eigenvalue weighted by Gasteiger charge is 2.33. The van der Waals surface area contributed by atoms with Crippen LogP contribution in [0.2, 0.25) is 0 Å². The van der Waals surface area contributed by atoms with E-state index in [9.17, 15) is 9.90 Å². The molecular weight excluding hydrogens is 438 g/mol. The van der Waals surface area contributed by atoms with E-state index in [0.29, 0.717) is 72.3 Å². The van der Waals surface area contributed by atoms with Crippen LogP contribution in [0.3, 0.4) is 0 Å². The molecule has 0 saturated carbocycles. The number of rotatable bonds is 5. The van der Waals surface area contributed by atoms with Crippen molar-refractivity contribution in [3.05, 3.63) is 48.2 Å². The molecule has 2 unspecified atom stereocenters. The number of ether oxygens (including phenoxy) is 4. The molecule has 1 N–H and O–H groups in total. The van der Waals surface area contributed by atoms with Gasteiger partial charge in [0.2, 0.25) is 5.88 Å². The van der Waals surface area contributed by atoms with Crippen molar-refractivity contribution in [3.63, 3.8) is 0 Å². The normalized spacial score (nSPS) is 17.6. The van der Waals surface area contributed by atoms with Gasteiger partial charge in [0.05, 0.1) is 30.4 Å². The van der Waals surface area contributed by atoms with Crippen molar-refractivity contribution in [2.45, 2.75) is 25.0 Å². The van der Waals surface area contributed by atoms with Gasteiger partial charge in [-0.2, -0.15) is 0 Å². The van der Waals surface area contributed by atoms with Crippen molar-refractivity contribution in [2.24, 2.45) is 0 Å². The van der Waals surface area contributed by atoms with Crippen molar-refractivity contribution in [1.82, 2.24) is 9.97 Å². The molecule has 2 aromatic heterocycles. The highest BCUT2D eigenvalue weighted by Crippen LogP contribution is 2.35. The van der Waals surface area contributed by atoms with E-state index >= 15 is 0 Å². The van der Waals surface area contributed by atoms with E-state index < -0.39 is 12.2 Å². The monoisotopic (exact) mass is 461 g/mol. The largest absolute Gasteiger partial charge is 0.486 e. The van der Waals surface area contributed by atoms with Gasteiger partial charge in [0.15, 0.2) is 11.5 Å². The molecule has 9 heteroatoms. The summed E-state index contributed by atoms with van der Waals surface area (Å²) in [6.45, 7) is 1.37. The van der Waals surface area contributed by atoms with Crippen LogP contribution < -0.4 is 19.1 Å². The second kappa shape index (κ2) is 9.45. The number of methoxy groups -OCH3 is 1. The summed E-state index contributed by atoms with van der Waals surface area (Å²) in [4.78, 5) is 22.6. The lowest BCUT2D eigenvalue weighted by molar-refractivity contribution is 0.124. The van der Waals surface area contributed by atoms with Crippen LogP contribution in [0.5, 0.6) is 17.4 Å². The molecule has 174 valence electrons. The van der Waals surface area contributed by atoms with Gasteiger partial charge in [0.1, 0.15) is 30.9 Å². The van der Waals surface area contributed by atoms with Crippen molar-refractivity contribution in [3.8, 4) is 29.2 Å². The van der Waals surface area contributed by atoms with Crippen LogP contribution in [0.25, 0.3) is 11.0 Å². The molecule has 2 aliphatic rings. The molecule has 0 radical (unpaired) electrons. The van der Waals surface area contributed by atoms with Gasteiger partial charge >= 0.3 is 6.09 Å². The summed E-state index contributed by atoms with van der Waals surface area (Å²) in [6, 6.07) is 10.7. The highest BCUT2D eigenvalue weighted by atomic mass is 16.6. The van der Waals surface area contributed by atoms with E-state index in [-0.39, 0.29) is 6.10 Å². The van der Waals surface area contributed by atoms with Crippen molar-refractivity contribution >= 4 is 22.8 Å². The van der Waals surface area contributed by atoms with E-state index in [4.69, 9.17) is 18.9 Å². The zero-order valence-corrected chi connectivity index (χ0v) is 18.6. The molecular formula is C25H23N3O6. The molecule has 2 aliphatic heterocycles. The minimum atomic E-state index is -0.879. The minimum Gasteiger partial charge on any atom is -0.486 e. The molecule has 0 bridgehead atoms. The number of aromatic nitrogens is 2. The maximum absolute atomic E-state index is 12.4. The van der Waals surface area contributed by atoms with Gasteiger partial charge in [-0.1, -0.05) is 11.8 Å². The molecule has 3 aromatic rings. The Balaban J connectivity index is 1.21. The molecule has 5 rings (SSSR count). The summed E-state index contributed by atoms with van der Waals surface area (Å²) in [5, 5.41) is 10.4. The molecule has 9 nitrogen and oxygen atoms in total. The Bertz CT molecular complexity index is 1280. The summed E-state index contributed by atoms with van der Waals surface area (Å²) in [5.74, 6) is 7.58. The molecule has 1 fully saturated rings. The third kappa shape index (κ3) is 4.54. The first-order valence-corrected chi connectivity index (χ1v) is 11.0. The number of aliphatic hydroxyl groups excluding tert-OH is 1. The molecule has 1 amide bonds. The number of nitrogens with zero attached hydrogens (tertiary/aromatic N) is 3. The molecule has 34 heavy (non-hydrogen) atoms. The summed E-state index contributed by atoms with van der Waals surface area (Å²) >= 11 is 0. The topological polar surface area (TPSA) is 103 Å². The van der Waals surface area contributed by atoms with Crippen LogP contribution in [-0.4, -0.2) is 60.2 Å². The SMILES string of the molecule is COc1ccc2nccc(C#CC(O)CCC3CN(c4ccc5c(c4)OCCO5)C(=O)O3)c2n1. The molecule has 1 saturated heterocycles. The van der Waals surface area contributed by atoms with Gasteiger partial charge in [-0.3, -0.25) is 9.88 Å². The summed E-state index contributed by atoms with van der Waals surface area (Å²) in [6.07, 6.45) is 0.842. The third-order valence-corrected chi connectivity index (χ3v) is 5.61. The maximum Gasteiger partial charge on any atom is 0.414 e. The van der Waals surface area contributed by atoms with Gasteiger partial charge in [-0.25, -0.2) is 9.78 Å². The third-order valence-electron chi connectivity index (χ3n) is 5.61. The number of carbonyl (C=O) groups is 1. The number of carbonyl (C=O) groups excluding carboxylic acids is 1. The van der Waals surface area contributed by atoms with Crippen LogP contribution >= 0.6 is 0 Å². The van der Waals surface area contributed by atoms with Crippen molar-refractivity contribution in [1.29, 1.82) is 0 Å². The van der Waals surface area contributed by atoms with Gasteiger partial charge in [-0.15, -0.1) is 0 Å². The van der Waals surface area contributed by atoms with E-state index in [0.717, 1.165) is 0 Å². The fraction of sp³-hybridized carbons (Fsp3) is 0.320. The first-order chi connectivity index (χ1) is 16.6. The van der Waals surface area contributed by atoms with Gasteiger partial charge < -0.3 is 24.1 Å². The predicted molar refractivity (Wildman–Crippen MR) is 123 cm³/mol. The summed E-state index contributed by atoms with van der Waals surface area (Å²) < 4.78 is 21.8. The number of hydrogen-bond acceptors (Lipinski definition) is 8. The van der Waals surface area contributed by atoms with Gasteiger partial charge in [-0.05, 0) is 37.1 Å². The highest BCUT2D eigenvalue weighted by molar-refractivity contribution is 5.90. The Morgan fingerprint density at radius 3 is 2.91 bits per heavy atom. The first kappa shape index (κ1) is 21.8. The lowest BCUT2D eigenvalue weighted by atomic mass is 10.1. The zero-order valence-electron chi connectivity index (χ0n) is 18.6. The van der Waals surface area contributed by atoms with Crippen molar-refractivity contribution < 1.29 is 28.8 Å². The number of cyclic esters (lactones) is 1. The first-order valence-electron chi connectivity index (χ1n) is 11.0. The number of benzene rings is 1. The Hall–Kier alpha value is -4.03. The number of amides is 1. The van der Waals surface area contributed by atoms with Crippen molar-refractivity contribution in [2.75, 3.05) is 31.8 Å². The second-order valence-corrected chi connectivity index (χ2v) is 7.89. The summed E-state index contributed by atoms with van der Waals surface area (Å²) in [7, 11) is 1.55. The molecule has 2 atom stereocenters. The zero-order chi connectivity index (χ0) is 23.5. The lowest BCUT2D eigenvalue weighted by Crippen LogP contribution is -2.25. The van der Waals surface area contributed by atoms with Crippen LogP contribution in [0.1, 0.15) is 18.4 Å². The molecule has 0 spiro atoms. The fourth-order valence-corrected chi connectivity index (χ4v) is 3.88. The number of aliphatic hydroxyl groups is 1. The van der Waals surface area contributed by atoms with Gasteiger partial charge in [0.25, 0.3) is 0 Å². The van der Waals surface area contributed by atoms with E-state index in [1.807, 2.05) is 6.07 Å². The van der Waals surface area contributed by atoms with E-state index in [2.05, 4.69) is 21.8 Å². The summed E-state index contributed by atoms with van der Waals surface area (Å²) in [5.41, 5.74) is 2.64. The standard InChI is InChI=1S/C25H23N3O6/c1-31-23-9-7-20-24(27-23)16(10-11-26-20)2-4-18(29)5-6-19-15-28(25(30)34-19)17-3-8-21-22(14-17)33-13-12-32-21/h3,7-11,14,18-19,29H,5-6,12-13,15H2,1H3. The quantitative estimate of drug-likeness (QED) is 0.579. The van der Waals surface area contributed by atoms with Crippen LogP contribution in [-0.2, 0) is 4.74 Å². The number of pyridine rings is 2. The Morgan fingerprint density at radius 2 is 2.06 bits per heavy atom. The predicted octanol–water partition coefficient (Wildman–Crippen LogP) is 2.93. The van der Waals surface area contributed by atoms with E-state index in [1.54, 1.807) is 48.5 Å². The van der Waals surface area contributed by atoms with Crippen LogP contribution in [0.15, 0.2) is 42.6 Å². The molecule has 1 aromatic carbocycles. The van der Waals surface area contributed by atoms with Gasteiger partial charge in [0, 0.05) is 18.3 Å². The van der Waals surface area contributed by atoms with Crippen LogP contribution in [0, 0.1) is 11.8 Å². The Labute approximate surface area is 196 Å². The lowest BCUT2D eigenvalue weighted by Gasteiger charge is -2.21. The smallest absolute Gasteiger partial charge is 0.414 e. The van der Waals surface area contributed by atoms with Crippen LogP contribution in [0.4, 0.5) is 10.5 Å². The number of fused-ring (bicyclic) bond motifs is 2. The average Bonchev–Trinajstić information content (AvgIpc) is 3.25. The molecule has 0 aliphatic carbocycles. The number of anilines is 1. The Morgan fingerprint density at radius 1 is 1.21 bits per heavy atom.